The van der Waals surface area contributed by atoms with Gasteiger partial charge in [0.05, 0.1) is 25.5 Å². The summed E-state index contributed by atoms with van der Waals surface area (Å²) < 4.78 is 12.5. The minimum Gasteiger partial charge on any atom is -0.482 e. The summed E-state index contributed by atoms with van der Waals surface area (Å²) in [5.74, 6) is 0.572. The molecule has 2 unspecified atom stereocenters. The molecule has 1 aromatic heterocycles. The molecule has 1 aliphatic rings. The molecule has 0 aliphatic carbocycles. The molecular formula is C13H21N3O4. The van der Waals surface area contributed by atoms with Crippen LogP contribution in [0.4, 0.5) is 4.79 Å². The Kier molecular flexibility index (Phi) is 3.89. The van der Waals surface area contributed by atoms with E-state index in [-0.39, 0.29) is 6.54 Å². The Morgan fingerprint density at radius 2 is 2.15 bits per heavy atom. The van der Waals surface area contributed by atoms with Crippen LogP contribution >= 0.6 is 0 Å². The maximum absolute atomic E-state index is 11.9. The van der Waals surface area contributed by atoms with Crippen LogP contribution in [-0.2, 0) is 11.8 Å². The van der Waals surface area contributed by atoms with E-state index in [0.717, 1.165) is 0 Å². The Balaban J connectivity index is 1.93. The van der Waals surface area contributed by atoms with E-state index in [1.165, 1.54) is 4.90 Å². The molecule has 20 heavy (non-hydrogen) atoms. The number of likely N-dealkylation sites (tertiary alicyclic amines) is 1. The summed E-state index contributed by atoms with van der Waals surface area (Å²) in [6, 6.07) is 0. The van der Waals surface area contributed by atoms with Crippen LogP contribution < -0.4 is 4.74 Å². The van der Waals surface area contributed by atoms with Gasteiger partial charge in [-0.2, -0.15) is 5.10 Å². The summed E-state index contributed by atoms with van der Waals surface area (Å²) >= 11 is 0. The quantitative estimate of drug-likeness (QED) is 0.868. The van der Waals surface area contributed by atoms with Crippen LogP contribution in [-0.4, -0.2) is 56.8 Å². The lowest BCUT2D eigenvalue weighted by atomic mass is 10.2. The Morgan fingerprint density at radius 1 is 1.45 bits per heavy atom. The van der Waals surface area contributed by atoms with Crippen molar-refractivity contribution < 1.29 is 19.4 Å². The normalized spacial score (nSPS) is 22.9. The summed E-state index contributed by atoms with van der Waals surface area (Å²) in [5, 5.41) is 14.0. The molecule has 1 aromatic rings. The molecule has 0 spiro atoms. The summed E-state index contributed by atoms with van der Waals surface area (Å²) in [6.07, 6.45) is 1.65. The van der Waals surface area contributed by atoms with Gasteiger partial charge >= 0.3 is 6.09 Å². The monoisotopic (exact) mass is 283 g/mol. The zero-order chi connectivity index (χ0) is 14.9. The van der Waals surface area contributed by atoms with E-state index in [4.69, 9.17) is 9.47 Å². The van der Waals surface area contributed by atoms with Crippen LogP contribution in [0.15, 0.2) is 12.4 Å². The van der Waals surface area contributed by atoms with E-state index in [0.29, 0.717) is 12.3 Å². The molecule has 1 saturated heterocycles. The van der Waals surface area contributed by atoms with Crippen molar-refractivity contribution in [3.05, 3.63) is 12.4 Å². The second kappa shape index (κ2) is 5.32. The van der Waals surface area contributed by atoms with Gasteiger partial charge in [-0.25, -0.2) is 4.79 Å². The third kappa shape index (κ3) is 3.63. The van der Waals surface area contributed by atoms with Crippen LogP contribution in [0.3, 0.4) is 0 Å². The average Bonchev–Trinajstić information content (AvgIpc) is 2.85. The number of rotatable bonds is 2. The molecule has 1 N–H and O–H groups in total. The number of hydrogen-bond donors (Lipinski definition) is 1. The number of aryl methyl sites for hydroxylation is 1. The second-order valence-electron chi connectivity index (χ2n) is 5.96. The Labute approximate surface area is 118 Å². The lowest BCUT2D eigenvalue weighted by Crippen LogP contribution is -2.36. The fraction of sp³-hybridized carbons (Fsp3) is 0.692. The maximum atomic E-state index is 11.9. The molecule has 112 valence electrons. The number of aromatic nitrogens is 2. The van der Waals surface area contributed by atoms with Gasteiger partial charge in [-0.15, -0.1) is 0 Å². The highest BCUT2D eigenvalue weighted by molar-refractivity contribution is 5.68. The molecule has 2 atom stereocenters. The Bertz CT molecular complexity index is 480. The van der Waals surface area contributed by atoms with Gasteiger partial charge in [0.25, 0.3) is 0 Å². The van der Waals surface area contributed by atoms with Crippen LogP contribution in [0.1, 0.15) is 20.8 Å². The van der Waals surface area contributed by atoms with Crippen molar-refractivity contribution in [3.8, 4) is 5.75 Å². The van der Waals surface area contributed by atoms with Gasteiger partial charge in [-0.1, -0.05) is 0 Å². The number of amides is 1. The topological polar surface area (TPSA) is 76.8 Å². The van der Waals surface area contributed by atoms with Crippen LogP contribution in [0, 0.1) is 0 Å². The Hall–Kier alpha value is -1.76. The van der Waals surface area contributed by atoms with Crippen molar-refractivity contribution in [2.45, 2.75) is 38.6 Å². The zero-order valence-electron chi connectivity index (χ0n) is 12.2. The number of nitrogens with zero attached hydrogens (tertiary/aromatic N) is 3. The largest absolute Gasteiger partial charge is 0.482 e. The minimum absolute atomic E-state index is 0.208. The number of hydrogen-bond acceptors (Lipinski definition) is 5. The van der Waals surface area contributed by atoms with Gasteiger partial charge < -0.3 is 19.5 Å². The molecule has 0 bridgehead atoms. The lowest BCUT2D eigenvalue weighted by molar-refractivity contribution is 0.0268. The van der Waals surface area contributed by atoms with Crippen molar-refractivity contribution in [2.75, 3.05) is 13.1 Å². The average molecular weight is 283 g/mol. The second-order valence-corrected chi connectivity index (χ2v) is 5.96. The first-order chi connectivity index (χ1) is 9.24. The number of β-amino-alcohol motifs (C(OH)–C–C–N with tert-alkyl or cyclic N) is 1. The molecule has 1 fully saturated rings. The molecule has 2 rings (SSSR count). The summed E-state index contributed by atoms with van der Waals surface area (Å²) in [4.78, 5) is 13.4. The van der Waals surface area contributed by atoms with Crippen molar-refractivity contribution in [2.24, 2.45) is 7.05 Å². The lowest BCUT2D eigenvalue weighted by Gasteiger charge is -2.24. The first-order valence-electron chi connectivity index (χ1n) is 6.56. The fourth-order valence-electron chi connectivity index (χ4n) is 1.98. The predicted molar refractivity (Wildman–Crippen MR) is 71.4 cm³/mol. The zero-order valence-corrected chi connectivity index (χ0v) is 12.2. The van der Waals surface area contributed by atoms with Gasteiger partial charge in [0, 0.05) is 7.05 Å². The summed E-state index contributed by atoms with van der Waals surface area (Å²) in [6.45, 7) is 5.92. The maximum Gasteiger partial charge on any atom is 0.410 e. The summed E-state index contributed by atoms with van der Waals surface area (Å²) in [7, 11) is 1.78. The number of carbonyl (C=O) groups excluding carboxylic acids is 1. The van der Waals surface area contributed by atoms with E-state index in [9.17, 15) is 9.90 Å². The van der Waals surface area contributed by atoms with Crippen LogP contribution in [0.2, 0.25) is 0 Å². The number of carbonyl (C=O) groups is 1. The van der Waals surface area contributed by atoms with E-state index in [1.807, 2.05) is 0 Å². The molecule has 7 heteroatoms. The summed E-state index contributed by atoms with van der Waals surface area (Å²) in [5.41, 5.74) is -0.551. The van der Waals surface area contributed by atoms with Gasteiger partial charge in [0.2, 0.25) is 0 Å². The van der Waals surface area contributed by atoms with Crippen molar-refractivity contribution in [3.63, 3.8) is 0 Å². The molecular weight excluding hydrogens is 262 g/mol. The number of aliphatic hydroxyl groups is 1. The fourth-order valence-corrected chi connectivity index (χ4v) is 1.98. The number of ether oxygens (including phenoxy) is 2. The molecule has 7 nitrogen and oxygen atoms in total. The molecule has 2 heterocycles. The van der Waals surface area contributed by atoms with Crippen molar-refractivity contribution >= 4 is 6.09 Å². The van der Waals surface area contributed by atoms with Gasteiger partial charge in [0.15, 0.2) is 5.75 Å². The van der Waals surface area contributed by atoms with E-state index in [1.54, 1.807) is 44.9 Å². The van der Waals surface area contributed by atoms with Gasteiger partial charge in [-0.3, -0.25) is 4.68 Å². The molecule has 0 saturated carbocycles. The van der Waals surface area contributed by atoms with Crippen LogP contribution in [0.25, 0.3) is 0 Å². The third-order valence-electron chi connectivity index (χ3n) is 2.86. The SMILES string of the molecule is Cn1cc(OC2CN(C(=O)OC(C)(C)C)CC2O)cn1. The van der Waals surface area contributed by atoms with Crippen LogP contribution in [0.5, 0.6) is 5.75 Å². The highest BCUT2D eigenvalue weighted by Crippen LogP contribution is 2.20. The third-order valence-corrected chi connectivity index (χ3v) is 2.86. The molecule has 1 aliphatic heterocycles. The first-order valence-corrected chi connectivity index (χ1v) is 6.56. The van der Waals surface area contributed by atoms with E-state index >= 15 is 0 Å². The Morgan fingerprint density at radius 3 is 2.70 bits per heavy atom. The predicted octanol–water partition coefficient (Wildman–Crippen LogP) is 0.779. The minimum atomic E-state index is -0.734. The van der Waals surface area contributed by atoms with E-state index < -0.39 is 23.9 Å². The first kappa shape index (κ1) is 14.6. The van der Waals surface area contributed by atoms with Crippen molar-refractivity contribution in [1.82, 2.24) is 14.7 Å². The highest BCUT2D eigenvalue weighted by Gasteiger charge is 2.37. The van der Waals surface area contributed by atoms with Gasteiger partial charge in [-0.05, 0) is 20.8 Å². The smallest absolute Gasteiger partial charge is 0.410 e. The van der Waals surface area contributed by atoms with E-state index in [2.05, 4.69) is 5.10 Å². The van der Waals surface area contributed by atoms with Gasteiger partial charge in [0.1, 0.15) is 17.8 Å². The number of aliphatic hydroxyl groups excluding tert-OH is 1. The molecule has 0 radical (unpaired) electrons. The molecule has 0 aromatic carbocycles. The molecule has 1 amide bonds. The standard InChI is InChI=1S/C13H21N3O4/c1-13(2,3)20-12(18)16-7-10(17)11(8-16)19-9-5-14-15(4)6-9/h5-6,10-11,17H,7-8H2,1-4H3. The van der Waals surface area contributed by atoms with Crippen molar-refractivity contribution in [1.29, 1.82) is 0 Å². The highest BCUT2D eigenvalue weighted by atomic mass is 16.6.